The molecule has 2 aromatic carbocycles. The third kappa shape index (κ3) is 4.54. The highest BCUT2D eigenvalue weighted by molar-refractivity contribution is 6.30. The van der Waals surface area contributed by atoms with E-state index in [1.54, 1.807) is 18.2 Å². The van der Waals surface area contributed by atoms with Gasteiger partial charge in [-0.05, 0) is 53.4 Å². The van der Waals surface area contributed by atoms with Gasteiger partial charge < -0.3 is 15.2 Å². The number of hydrogen-bond donors (Lipinski definition) is 2. The van der Waals surface area contributed by atoms with Gasteiger partial charge in [-0.1, -0.05) is 31.5 Å². The molecule has 0 bridgehead atoms. The lowest BCUT2D eigenvalue weighted by Crippen LogP contribution is -2.09. The van der Waals surface area contributed by atoms with Crippen LogP contribution in [0.15, 0.2) is 48.5 Å². The maximum atomic E-state index is 14.0. The first-order valence-corrected chi connectivity index (χ1v) is 9.34. The number of phenols is 1. The number of hydrogen-bond acceptors (Lipinski definition) is 4. The van der Waals surface area contributed by atoms with Crippen LogP contribution in [0.4, 0.5) is 10.2 Å². The minimum atomic E-state index is -0.485. The summed E-state index contributed by atoms with van der Waals surface area (Å²) >= 11 is 5.82. The third-order valence-electron chi connectivity index (χ3n) is 4.25. The van der Waals surface area contributed by atoms with Crippen LogP contribution in [0.5, 0.6) is 11.5 Å². The summed E-state index contributed by atoms with van der Waals surface area (Å²) in [6.45, 7) is 4.93. The fourth-order valence-electron chi connectivity index (χ4n) is 2.77. The Balaban J connectivity index is 2.10. The molecule has 0 atom stereocenters. The van der Waals surface area contributed by atoms with Gasteiger partial charge in [0.2, 0.25) is 0 Å². The Labute approximate surface area is 169 Å². The summed E-state index contributed by atoms with van der Waals surface area (Å²) in [6, 6.07) is 13.4. The van der Waals surface area contributed by atoms with Gasteiger partial charge >= 0.3 is 0 Å². The van der Waals surface area contributed by atoms with Crippen molar-refractivity contribution >= 4 is 17.4 Å². The summed E-state index contributed by atoms with van der Waals surface area (Å²) in [6.07, 6.45) is 0. The number of nitrogens with zero attached hydrogens (tertiary/aromatic N) is 1. The molecule has 0 spiro atoms. The number of ether oxygens (including phenoxy) is 1. The normalized spacial score (nSPS) is 10.9. The molecular formula is C22H22ClFN2O2. The molecule has 0 radical (unpaired) electrons. The van der Waals surface area contributed by atoms with Crippen molar-refractivity contribution in [1.82, 2.24) is 4.98 Å². The van der Waals surface area contributed by atoms with E-state index in [-0.39, 0.29) is 10.8 Å². The van der Waals surface area contributed by atoms with Crippen molar-refractivity contribution in [1.29, 1.82) is 0 Å². The van der Waals surface area contributed by atoms with Crippen molar-refractivity contribution in [3.8, 4) is 33.9 Å². The van der Waals surface area contributed by atoms with E-state index in [9.17, 15) is 9.50 Å². The summed E-state index contributed by atoms with van der Waals surface area (Å²) in [5, 5.41) is 13.8. The molecule has 0 aliphatic heterocycles. The molecule has 3 aromatic rings. The Bertz CT molecular complexity index is 992. The van der Waals surface area contributed by atoms with E-state index >= 15 is 0 Å². The average Bonchev–Trinajstić information content (AvgIpc) is 2.68. The summed E-state index contributed by atoms with van der Waals surface area (Å²) < 4.78 is 19.1. The van der Waals surface area contributed by atoms with Crippen molar-refractivity contribution in [2.45, 2.75) is 13.8 Å². The fourth-order valence-corrected chi connectivity index (χ4v) is 2.88. The monoisotopic (exact) mass is 400 g/mol. The van der Waals surface area contributed by atoms with Crippen molar-refractivity contribution < 1.29 is 14.2 Å². The predicted octanol–water partition coefficient (Wildman–Crippen LogP) is 5.99. The Morgan fingerprint density at radius 3 is 2.54 bits per heavy atom. The van der Waals surface area contributed by atoms with Gasteiger partial charge in [-0.15, -0.1) is 0 Å². The molecule has 4 nitrogen and oxygen atoms in total. The second-order valence-electron chi connectivity index (χ2n) is 6.91. The lowest BCUT2D eigenvalue weighted by atomic mass is 10.0. The van der Waals surface area contributed by atoms with Gasteiger partial charge in [0.15, 0.2) is 0 Å². The minimum Gasteiger partial charge on any atom is -0.507 e. The van der Waals surface area contributed by atoms with Gasteiger partial charge in [0.1, 0.15) is 23.1 Å². The molecule has 0 saturated heterocycles. The van der Waals surface area contributed by atoms with E-state index in [2.05, 4.69) is 24.1 Å². The van der Waals surface area contributed by atoms with Crippen molar-refractivity contribution in [3.63, 3.8) is 0 Å². The lowest BCUT2D eigenvalue weighted by Gasteiger charge is -2.14. The molecule has 6 heteroatoms. The van der Waals surface area contributed by atoms with Crippen LogP contribution >= 0.6 is 11.6 Å². The standard InChI is InChI=1S/C22H22ClFN2O2/c1-13(2)12-25-22-10-15(14-4-7-18(23)19(24)8-14)9-20(26-22)17-6-5-16(28-3)11-21(17)27/h4-11,13,27H,12H2,1-3H3,(H,25,26). The molecule has 0 saturated carbocycles. The molecule has 146 valence electrons. The number of aromatic hydroxyl groups is 1. The topological polar surface area (TPSA) is 54.4 Å². The highest BCUT2D eigenvalue weighted by Gasteiger charge is 2.13. The van der Waals surface area contributed by atoms with E-state index < -0.39 is 5.82 Å². The first-order valence-electron chi connectivity index (χ1n) is 8.96. The van der Waals surface area contributed by atoms with Gasteiger partial charge in [-0.25, -0.2) is 9.37 Å². The number of phenolic OH excluding ortho intramolecular Hbond substituents is 1. The molecule has 2 N–H and O–H groups in total. The number of anilines is 1. The Morgan fingerprint density at radius 1 is 1.11 bits per heavy atom. The van der Waals surface area contributed by atoms with Crippen LogP contribution in [0.1, 0.15) is 13.8 Å². The van der Waals surface area contributed by atoms with E-state index in [0.29, 0.717) is 34.3 Å². The van der Waals surface area contributed by atoms with E-state index in [1.165, 1.54) is 25.3 Å². The smallest absolute Gasteiger partial charge is 0.142 e. The molecule has 1 heterocycles. The van der Waals surface area contributed by atoms with Gasteiger partial charge in [0.05, 0.1) is 17.8 Å². The number of rotatable bonds is 6. The van der Waals surface area contributed by atoms with Crippen molar-refractivity contribution in [2.24, 2.45) is 5.92 Å². The van der Waals surface area contributed by atoms with Crippen LogP contribution < -0.4 is 10.1 Å². The molecule has 1 aromatic heterocycles. The zero-order valence-corrected chi connectivity index (χ0v) is 16.7. The van der Waals surface area contributed by atoms with Gasteiger partial charge in [0.25, 0.3) is 0 Å². The summed E-state index contributed by atoms with van der Waals surface area (Å²) in [5.41, 5.74) is 2.57. The van der Waals surface area contributed by atoms with Crippen molar-refractivity contribution in [2.75, 3.05) is 19.0 Å². The second-order valence-corrected chi connectivity index (χ2v) is 7.32. The SMILES string of the molecule is COc1ccc(-c2cc(-c3ccc(Cl)c(F)c3)cc(NCC(C)C)n2)c(O)c1. The number of benzene rings is 2. The van der Waals surface area contributed by atoms with Crippen molar-refractivity contribution in [3.05, 3.63) is 59.4 Å². The zero-order chi connectivity index (χ0) is 20.3. The van der Waals surface area contributed by atoms with Crippen LogP contribution in [0.2, 0.25) is 5.02 Å². The number of halogens is 2. The first kappa shape index (κ1) is 20.0. The molecule has 0 unspecified atom stereocenters. The Morgan fingerprint density at radius 2 is 1.89 bits per heavy atom. The average molecular weight is 401 g/mol. The minimum absolute atomic E-state index is 0.0566. The summed E-state index contributed by atoms with van der Waals surface area (Å²) in [4.78, 5) is 4.63. The first-order chi connectivity index (χ1) is 13.4. The van der Waals surface area contributed by atoms with Crippen LogP contribution in [0.3, 0.4) is 0 Å². The number of nitrogens with one attached hydrogen (secondary N) is 1. The fraction of sp³-hybridized carbons (Fsp3) is 0.227. The molecular weight excluding hydrogens is 379 g/mol. The summed E-state index contributed by atoms with van der Waals surface area (Å²) in [5.74, 6) is 1.20. The number of methoxy groups -OCH3 is 1. The van der Waals surface area contributed by atoms with E-state index in [0.717, 1.165) is 12.1 Å². The maximum Gasteiger partial charge on any atom is 0.142 e. The Kier molecular flexibility index (Phi) is 6.05. The second kappa shape index (κ2) is 8.48. The van der Waals surface area contributed by atoms with Gasteiger partial charge in [-0.2, -0.15) is 0 Å². The predicted molar refractivity (Wildman–Crippen MR) is 112 cm³/mol. The van der Waals surface area contributed by atoms with Gasteiger partial charge in [-0.3, -0.25) is 0 Å². The lowest BCUT2D eigenvalue weighted by molar-refractivity contribution is 0.408. The number of aromatic nitrogens is 1. The Hall–Kier alpha value is -2.79. The van der Waals surface area contributed by atoms with Crippen LogP contribution in [0.25, 0.3) is 22.4 Å². The summed E-state index contributed by atoms with van der Waals surface area (Å²) in [7, 11) is 1.54. The van der Waals surface area contributed by atoms with E-state index in [4.69, 9.17) is 16.3 Å². The van der Waals surface area contributed by atoms with E-state index in [1.807, 2.05) is 12.1 Å². The van der Waals surface area contributed by atoms with Crippen LogP contribution in [-0.2, 0) is 0 Å². The third-order valence-corrected chi connectivity index (χ3v) is 4.56. The molecule has 28 heavy (non-hydrogen) atoms. The highest BCUT2D eigenvalue weighted by Crippen LogP contribution is 2.35. The van der Waals surface area contributed by atoms with Crippen LogP contribution in [-0.4, -0.2) is 23.7 Å². The molecule has 0 aliphatic carbocycles. The maximum absolute atomic E-state index is 14.0. The van der Waals surface area contributed by atoms with Gasteiger partial charge in [0, 0.05) is 18.2 Å². The van der Waals surface area contributed by atoms with Crippen LogP contribution in [0, 0.1) is 11.7 Å². The number of pyridine rings is 1. The largest absolute Gasteiger partial charge is 0.507 e. The molecule has 3 rings (SSSR count). The molecule has 0 fully saturated rings. The highest BCUT2D eigenvalue weighted by atomic mass is 35.5. The molecule has 0 amide bonds. The quantitative estimate of drug-likeness (QED) is 0.533. The zero-order valence-electron chi connectivity index (χ0n) is 16.0. The molecule has 0 aliphatic rings.